The number of rotatable bonds is 5. The van der Waals surface area contributed by atoms with Crippen molar-refractivity contribution in [2.24, 2.45) is 5.73 Å². The molecule has 1 aromatic rings. The molecule has 0 aromatic heterocycles. The zero-order valence-corrected chi connectivity index (χ0v) is 9.94. The van der Waals surface area contributed by atoms with Crippen molar-refractivity contribution in [1.82, 2.24) is 5.32 Å². The number of nitrogens with zero attached hydrogens (tertiary/aromatic N) is 1. The number of benzene rings is 1. The molecule has 5 nitrogen and oxygen atoms in total. The molecule has 96 valence electrons. The molecule has 1 rings (SSSR count). The molecule has 6 heteroatoms. The molecular weight excluding hydrogens is 237 g/mol. The Morgan fingerprint density at radius 1 is 1.67 bits per heavy atom. The van der Waals surface area contributed by atoms with E-state index in [9.17, 15) is 9.18 Å². The molecule has 0 saturated heterocycles. The van der Waals surface area contributed by atoms with Crippen LogP contribution in [0.1, 0.15) is 18.5 Å². The van der Waals surface area contributed by atoms with Crippen molar-refractivity contribution in [3.8, 4) is 11.8 Å². The van der Waals surface area contributed by atoms with Crippen LogP contribution in [0.5, 0.6) is 5.75 Å². The lowest BCUT2D eigenvalue weighted by atomic mass is 10.1. The predicted molar refractivity (Wildman–Crippen MR) is 63.1 cm³/mol. The van der Waals surface area contributed by atoms with Crippen molar-refractivity contribution in [1.29, 1.82) is 5.26 Å². The van der Waals surface area contributed by atoms with Gasteiger partial charge in [0.25, 0.3) is 5.91 Å². The summed E-state index contributed by atoms with van der Waals surface area (Å²) in [6.07, 6.45) is 0. The average molecular weight is 251 g/mol. The molecule has 18 heavy (non-hydrogen) atoms. The number of nitrogens with two attached hydrogens (primary N) is 1. The van der Waals surface area contributed by atoms with E-state index in [1.165, 1.54) is 12.1 Å². The third kappa shape index (κ3) is 4.03. The van der Waals surface area contributed by atoms with Crippen molar-refractivity contribution in [2.75, 3.05) is 13.2 Å². The maximum absolute atomic E-state index is 13.5. The Balaban J connectivity index is 2.58. The number of halogens is 1. The average Bonchev–Trinajstić information content (AvgIpc) is 2.34. The normalized spacial score (nSPS) is 11.4. The van der Waals surface area contributed by atoms with E-state index in [0.29, 0.717) is 5.56 Å². The number of nitriles is 1. The first-order valence-corrected chi connectivity index (χ1v) is 5.36. The third-order valence-corrected chi connectivity index (χ3v) is 2.21. The summed E-state index contributed by atoms with van der Waals surface area (Å²) in [6.45, 7) is 1.30. The molecule has 0 aliphatic heterocycles. The van der Waals surface area contributed by atoms with E-state index in [2.05, 4.69) is 5.32 Å². The molecule has 0 radical (unpaired) electrons. The van der Waals surface area contributed by atoms with Crippen LogP contribution >= 0.6 is 0 Å². The molecule has 0 fully saturated rings. The Labute approximate surface area is 104 Å². The fourth-order valence-electron chi connectivity index (χ4n) is 1.25. The highest BCUT2D eigenvalue weighted by atomic mass is 19.1. The molecule has 1 atom stereocenters. The van der Waals surface area contributed by atoms with Crippen LogP contribution in [0, 0.1) is 17.1 Å². The van der Waals surface area contributed by atoms with E-state index in [4.69, 9.17) is 15.7 Å². The van der Waals surface area contributed by atoms with Crippen molar-refractivity contribution >= 4 is 5.91 Å². The Bertz CT molecular complexity index is 469. The highest BCUT2D eigenvalue weighted by Gasteiger charge is 2.09. The first kappa shape index (κ1) is 13.9. The van der Waals surface area contributed by atoms with Crippen molar-refractivity contribution in [3.63, 3.8) is 0 Å². The van der Waals surface area contributed by atoms with Gasteiger partial charge in [0.1, 0.15) is 6.54 Å². The quantitative estimate of drug-likeness (QED) is 0.760. The van der Waals surface area contributed by atoms with Crippen molar-refractivity contribution in [2.45, 2.75) is 13.0 Å². The zero-order valence-electron chi connectivity index (χ0n) is 9.94. The molecule has 0 heterocycles. The maximum atomic E-state index is 13.5. The third-order valence-electron chi connectivity index (χ3n) is 2.21. The van der Waals surface area contributed by atoms with Crippen LogP contribution in [0.3, 0.4) is 0 Å². The molecule has 0 bridgehead atoms. The molecule has 0 unspecified atom stereocenters. The summed E-state index contributed by atoms with van der Waals surface area (Å²) in [4.78, 5) is 11.1. The summed E-state index contributed by atoms with van der Waals surface area (Å²) in [5.74, 6) is -1.07. The van der Waals surface area contributed by atoms with Gasteiger partial charge in [-0.3, -0.25) is 4.79 Å². The van der Waals surface area contributed by atoms with Gasteiger partial charge in [-0.2, -0.15) is 5.26 Å². The minimum absolute atomic E-state index is 0.0218. The number of carbonyl (C=O) groups is 1. The smallest absolute Gasteiger partial charge is 0.258 e. The van der Waals surface area contributed by atoms with Crippen LogP contribution in [0.25, 0.3) is 0 Å². The van der Waals surface area contributed by atoms with Gasteiger partial charge in [0.05, 0.1) is 6.07 Å². The monoisotopic (exact) mass is 251 g/mol. The Kier molecular flexibility index (Phi) is 5.08. The van der Waals surface area contributed by atoms with Crippen LogP contribution in [-0.4, -0.2) is 19.1 Å². The summed E-state index contributed by atoms with van der Waals surface area (Å²) in [5.41, 5.74) is 6.25. The highest BCUT2D eigenvalue weighted by Crippen LogP contribution is 2.20. The molecule has 0 aliphatic carbocycles. The van der Waals surface area contributed by atoms with Gasteiger partial charge in [-0.05, 0) is 24.6 Å². The van der Waals surface area contributed by atoms with E-state index < -0.39 is 11.7 Å². The SMILES string of the molecule is C[C@H](N)c1ccc(OCC(=O)NCC#N)c(F)c1. The van der Waals surface area contributed by atoms with Gasteiger partial charge in [0, 0.05) is 6.04 Å². The Morgan fingerprint density at radius 2 is 2.39 bits per heavy atom. The van der Waals surface area contributed by atoms with E-state index in [0.717, 1.165) is 0 Å². The van der Waals surface area contributed by atoms with E-state index in [1.54, 1.807) is 19.1 Å². The molecule has 1 amide bonds. The fraction of sp³-hybridized carbons (Fsp3) is 0.333. The van der Waals surface area contributed by atoms with Gasteiger partial charge in [-0.15, -0.1) is 0 Å². The predicted octanol–water partition coefficient (Wildman–Crippen LogP) is 0.864. The minimum Gasteiger partial charge on any atom is -0.481 e. The molecular formula is C12H14FN3O2. The Hall–Kier alpha value is -2.13. The van der Waals surface area contributed by atoms with E-state index in [1.807, 2.05) is 0 Å². The lowest BCUT2D eigenvalue weighted by Crippen LogP contribution is -2.29. The number of amides is 1. The second-order valence-corrected chi connectivity index (χ2v) is 3.70. The van der Waals surface area contributed by atoms with Gasteiger partial charge < -0.3 is 15.8 Å². The molecule has 0 spiro atoms. The van der Waals surface area contributed by atoms with Gasteiger partial charge in [0.2, 0.25) is 0 Å². The Morgan fingerprint density at radius 3 is 2.94 bits per heavy atom. The first-order chi connectivity index (χ1) is 8.54. The molecule has 0 saturated carbocycles. The number of carbonyl (C=O) groups excluding carboxylic acids is 1. The van der Waals surface area contributed by atoms with Crippen LogP contribution in [0.15, 0.2) is 18.2 Å². The second kappa shape index (κ2) is 6.57. The van der Waals surface area contributed by atoms with E-state index >= 15 is 0 Å². The number of ether oxygens (including phenoxy) is 1. The topological polar surface area (TPSA) is 88.1 Å². The van der Waals surface area contributed by atoms with Gasteiger partial charge >= 0.3 is 0 Å². The van der Waals surface area contributed by atoms with Crippen molar-refractivity contribution < 1.29 is 13.9 Å². The summed E-state index contributed by atoms with van der Waals surface area (Å²) in [7, 11) is 0. The largest absolute Gasteiger partial charge is 0.481 e. The molecule has 3 N–H and O–H groups in total. The van der Waals surface area contributed by atoms with Crippen molar-refractivity contribution in [3.05, 3.63) is 29.6 Å². The number of nitrogens with one attached hydrogen (secondary N) is 1. The summed E-state index contributed by atoms with van der Waals surface area (Å²) >= 11 is 0. The van der Waals surface area contributed by atoms with Crippen LogP contribution < -0.4 is 15.8 Å². The standard InChI is InChI=1S/C12H14FN3O2/c1-8(15)9-2-3-11(10(13)6-9)18-7-12(17)16-5-4-14/h2-3,6,8H,5,7,15H2,1H3,(H,16,17)/t8-/m0/s1. The lowest BCUT2D eigenvalue weighted by Gasteiger charge is -2.10. The molecule has 0 aliphatic rings. The van der Waals surface area contributed by atoms with Gasteiger partial charge in [-0.25, -0.2) is 4.39 Å². The second-order valence-electron chi connectivity index (χ2n) is 3.70. The molecule has 1 aromatic carbocycles. The summed E-state index contributed by atoms with van der Waals surface area (Å²) in [5, 5.41) is 10.5. The van der Waals surface area contributed by atoms with Gasteiger partial charge in [0.15, 0.2) is 18.2 Å². The fourth-order valence-corrected chi connectivity index (χ4v) is 1.25. The van der Waals surface area contributed by atoms with Gasteiger partial charge in [-0.1, -0.05) is 6.07 Å². The lowest BCUT2D eigenvalue weighted by molar-refractivity contribution is -0.122. The first-order valence-electron chi connectivity index (χ1n) is 5.36. The van der Waals surface area contributed by atoms with Crippen LogP contribution in [-0.2, 0) is 4.79 Å². The summed E-state index contributed by atoms with van der Waals surface area (Å²) in [6, 6.07) is 5.81. The van der Waals surface area contributed by atoms with Crippen LogP contribution in [0.4, 0.5) is 4.39 Å². The number of hydrogen-bond acceptors (Lipinski definition) is 4. The maximum Gasteiger partial charge on any atom is 0.258 e. The highest BCUT2D eigenvalue weighted by molar-refractivity contribution is 5.77. The number of hydrogen-bond donors (Lipinski definition) is 2. The zero-order chi connectivity index (χ0) is 13.5. The minimum atomic E-state index is -0.571. The van der Waals surface area contributed by atoms with Crippen LogP contribution in [0.2, 0.25) is 0 Å². The summed E-state index contributed by atoms with van der Waals surface area (Å²) < 4.78 is 18.5. The van der Waals surface area contributed by atoms with E-state index in [-0.39, 0.29) is 24.9 Å².